The second-order valence-electron chi connectivity index (χ2n) is 4.75. The number of aryl methyl sites for hydroxylation is 1. The van der Waals surface area contributed by atoms with E-state index in [1.807, 2.05) is 38.1 Å². The summed E-state index contributed by atoms with van der Waals surface area (Å²) in [4.78, 5) is 22.7. The van der Waals surface area contributed by atoms with Gasteiger partial charge in [0, 0.05) is 11.8 Å². The Labute approximate surface area is 99.6 Å². The van der Waals surface area contributed by atoms with Crippen LogP contribution in [0.25, 0.3) is 0 Å². The van der Waals surface area contributed by atoms with E-state index in [0.29, 0.717) is 0 Å². The summed E-state index contributed by atoms with van der Waals surface area (Å²) >= 11 is 0. The second-order valence-corrected chi connectivity index (χ2v) is 4.75. The third kappa shape index (κ3) is 1.79. The number of carboxylic acids is 1. The van der Waals surface area contributed by atoms with Crippen molar-refractivity contribution < 1.29 is 14.7 Å². The van der Waals surface area contributed by atoms with Crippen molar-refractivity contribution in [2.45, 2.75) is 31.7 Å². The number of nitrogens with one attached hydrogen (secondary N) is 1. The standard InChI is InChI=1S/C13H15NO3/c1-8-5-3-4-6-9(8)13(2)7-10(15)14-11(13)12(16)17/h3-6,11H,7H2,1-2H3,(H,14,15)(H,16,17). The molecular weight excluding hydrogens is 218 g/mol. The Hall–Kier alpha value is -1.84. The van der Waals surface area contributed by atoms with Crippen molar-refractivity contribution in [3.63, 3.8) is 0 Å². The van der Waals surface area contributed by atoms with Crippen LogP contribution in [0.3, 0.4) is 0 Å². The van der Waals surface area contributed by atoms with Crippen LogP contribution in [0.4, 0.5) is 0 Å². The van der Waals surface area contributed by atoms with Crippen LogP contribution in [-0.2, 0) is 15.0 Å². The molecule has 17 heavy (non-hydrogen) atoms. The molecular formula is C13H15NO3. The molecule has 0 aromatic heterocycles. The summed E-state index contributed by atoms with van der Waals surface area (Å²) in [6, 6.07) is 6.75. The lowest BCUT2D eigenvalue weighted by molar-refractivity contribution is -0.141. The quantitative estimate of drug-likeness (QED) is 0.807. The predicted molar refractivity (Wildman–Crippen MR) is 62.7 cm³/mol. The third-order valence-electron chi connectivity index (χ3n) is 3.48. The van der Waals surface area contributed by atoms with Gasteiger partial charge in [-0.05, 0) is 18.1 Å². The minimum atomic E-state index is -0.985. The Kier molecular flexibility index (Phi) is 2.65. The van der Waals surface area contributed by atoms with Crippen molar-refractivity contribution in [1.29, 1.82) is 0 Å². The number of benzene rings is 1. The van der Waals surface area contributed by atoms with Crippen molar-refractivity contribution in [2.75, 3.05) is 0 Å². The van der Waals surface area contributed by atoms with Crippen LogP contribution in [0.1, 0.15) is 24.5 Å². The summed E-state index contributed by atoms with van der Waals surface area (Å²) in [6.45, 7) is 3.76. The van der Waals surface area contributed by atoms with Crippen LogP contribution < -0.4 is 5.32 Å². The highest BCUT2D eigenvalue weighted by molar-refractivity contribution is 5.91. The molecule has 4 heteroatoms. The van der Waals surface area contributed by atoms with E-state index < -0.39 is 17.4 Å². The number of hydrogen-bond acceptors (Lipinski definition) is 2. The first-order valence-electron chi connectivity index (χ1n) is 5.53. The SMILES string of the molecule is Cc1ccccc1C1(C)CC(=O)NC1C(=O)O. The van der Waals surface area contributed by atoms with Gasteiger partial charge in [0.15, 0.2) is 0 Å². The Morgan fingerprint density at radius 1 is 1.47 bits per heavy atom. The topological polar surface area (TPSA) is 66.4 Å². The first kappa shape index (κ1) is 11.6. The van der Waals surface area contributed by atoms with Crippen molar-refractivity contribution in [3.05, 3.63) is 35.4 Å². The van der Waals surface area contributed by atoms with Crippen LogP contribution in [0, 0.1) is 6.92 Å². The fraction of sp³-hybridized carbons (Fsp3) is 0.385. The minimum Gasteiger partial charge on any atom is -0.480 e. The molecule has 1 fully saturated rings. The summed E-state index contributed by atoms with van der Waals surface area (Å²) in [5, 5.41) is 11.7. The van der Waals surface area contributed by atoms with Crippen LogP contribution in [-0.4, -0.2) is 23.0 Å². The predicted octanol–water partition coefficient (Wildman–Crippen LogP) is 1.23. The molecule has 0 radical (unpaired) electrons. The van der Waals surface area contributed by atoms with Gasteiger partial charge in [0.1, 0.15) is 6.04 Å². The van der Waals surface area contributed by atoms with Gasteiger partial charge in [-0.1, -0.05) is 31.2 Å². The summed E-state index contributed by atoms with van der Waals surface area (Å²) in [7, 11) is 0. The van der Waals surface area contributed by atoms with Gasteiger partial charge in [0.05, 0.1) is 0 Å². The highest BCUT2D eigenvalue weighted by Crippen LogP contribution is 2.37. The van der Waals surface area contributed by atoms with Gasteiger partial charge in [-0.25, -0.2) is 4.79 Å². The summed E-state index contributed by atoms with van der Waals surface area (Å²) < 4.78 is 0. The second kappa shape index (κ2) is 3.87. The molecule has 0 saturated carbocycles. The highest BCUT2D eigenvalue weighted by atomic mass is 16.4. The van der Waals surface area contributed by atoms with E-state index in [4.69, 9.17) is 0 Å². The fourth-order valence-corrected chi connectivity index (χ4v) is 2.61. The molecule has 1 amide bonds. The van der Waals surface area contributed by atoms with E-state index in [1.165, 1.54) is 0 Å². The molecule has 2 rings (SSSR count). The fourth-order valence-electron chi connectivity index (χ4n) is 2.61. The van der Waals surface area contributed by atoms with Crippen molar-refractivity contribution >= 4 is 11.9 Å². The van der Waals surface area contributed by atoms with Crippen molar-refractivity contribution in [3.8, 4) is 0 Å². The van der Waals surface area contributed by atoms with Crippen LogP contribution in [0.5, 0.6) is 0 Å². The van der Waals surface area contributed by atoms with Gasteiger partial charge in [-0.2, -0.15) is 0 Å². The Bertz CT molecular complexity index is 483. The maximum absolute atomic E-state index is 11.5. The average molecular weight is 233 g/mol. The first-order valence-corrected chi connectivity index (χ1v) is 5.53. The maximum Gasteiger partial charge on any atom is 0.327 e. The Balaban J connectivity index is 2.51. The molecule has 0 bridgehead atoms. The summed E-state index contributed by atoms with van der Waals surface area (Å²) in [5.41, 5.74) is 1.26. The number of hydrogen-bond donors (Lipinski definition) is 2. The molecule has 2 atom stereocenters. The number of amides is 1. The molecule has 0 aliphatic carbocycles. The summed E-state index contributed by atoms with van der Waals surface area (Å²) in [6.07, 6.45) is 0.217. The molecule has 90 valence electrons. The van der Waals surface area contributed by atoms with Crippen LogP contribution >= 0.6 is 0 Å². The monoisotopic (exact) mass is 233 g/mol. The molecule has 2 N–H and O–H groups in total. The smallest absolute Gasteiger partial charge is 0.327 e. The molecule has 4 nitrogen and oxygen atoms in total. The van der Waals surface area contributed by atoms with Gasteiger partial charge in [-0.3, -0.25) is 4.79 Å². The zero-order chi connectivity index (χ0) is 12.6. The number of aliphatic carboxylic acids is 1. The van der Waals surface area contributed by atoms with Gasteiger partial charge < -0.3 is 10.4 Å². The number of carbonyl (C=O) groups excluding carboxylic acids is 1. The van der Waals surface area contributed by atoms with E-state index >= 15 is 0 Å². The van der Waals surface area contributed by atoms with Crippen LogP contribution in [0.2, 0.25) is 0 Å². The highest BCUT2D eigenvalue weighted by Gasteiger charge is 2.48. The Morgan fingerprint density at radius 2 is 2.12 bits per heavy atom. The molecule has 1 aliphatic heterocycles. The maximum atomic E-state index is 11.5. The van der Waals surface area contributed by atoms with E-state index in [0.717, 1.165) is 11.1 Å². The molecule has 2 unspecified atom stereocenters. The van der Waals surface area contributed by atoms with E-state index in [1.54, 1.807) is 0 Å². The van der Waals surface area contributed by atoms with Gasteiger partial charge in [0.25, 0.3) is 0 Å². The van der Waals surface area contributed by atoms with Crippen molar-refractivity contribution in [1.82, 2.24) is 5.32 Å². The number of carboxylic acid groups (broad SMARTS) is 1. The van der Waals surface area contributed by atoms with Gasteiger partial charge >= 0.3 is 5.97 Å². The molecule has 1 aromatic rings. The zero-order valence-electron chi connectivity index (χ0n) is 9.86. The largest absolute Gasteiger partial charge is 0.480 e. The molecule has 1 aromatic carbocycles. The third-order valence-corrected chi connectivity index (χ3v) is 3.48. The summed E-state index contributed by atoms with van der Waals surface area (Å²) in [5.74, 6) is -1.19. The normalized spacial score (nSPS) is 27.9. The van der Waals surface area contributed by atoms with Gasteiger partial charge in [-0.15, -0.1) is 0 Å². The van der Waals surface area contributed by atoms with Gasteiger partial charge in [0.2, 0.25) is 5.91 Å². The lowest BCUT2D eigenvalue weighted by Gasteiger charge is -2.29. The number of rotatable bonds is 2. The first-order chi connectivity index (χ1) is 7.95. The number of carbonyl (C=O) groups is 2. The molecule has 0 spiro atoms. The van der Waals surface area contributed by atoms with E-state index in [9.17, 15) is 14.7 Å². The Morgan fingerprint density at radius 3 is 2.71 bits per heavy atom. The average Bonchev–Trinajstić information content (AvgIpc) is 2.55. The lowest BCUT2D eigenvalue weighted by atomic mass is 9.74. The minimum absolute atomic E-state index is 0.205. The van der Waals surface area contributed by atoms with Crippen molar-refractivity contribution in [2.24, 2.45) is 0 Å². The molecule has 1 heterocycles. The van der Waals surface area contributed by atoms with E-state index in [-0.39, 0.29) is 12.3 Å². The zero-order valence-corrected chi connectivity index (χ0v) is 9.86. The van der Waals surface area contributed by atoms with E-state index in [2.05, 4.69) is 5.32 Å². The van der Waals surface area contributed by atoms with Crippen LogP contribution in [0.15, 0.2) is 24.3 Å². The molecule has 1 aliphatic rings. The lowest BCUT2D eigenvalue weighted by Crippen LogP contribution is -2.45. The molecule has 1 saturated heterocycles.